The fourth-order valence-corrected chi connectivity index (χ4v) is 3.39. The molecule has 0 unspecified atom stereocenters. The Morgan fingerprint density at radius 1 is 1.26 bits per heavy atom. The molecule has 2 aromatic rings. The summed E-state index contributed by atoms with van der Waals surface area (Å²) in [6.07, 6.45) is 4.67. The van der Waals surface area contributed by atoms with Crippen LogP contribution in [0.2, 0.25) is 0 Å². The molecule has 0 N–H and O–H groups in total. The molecule has 0 atom stereocenters. The van der Waals surface area contributed by atoms with Crippen molar-refractivity contribution in [1.82, 2.24) is 29.2 Å². The summed E-state index contributed by atoms with van der Waals surface area (Å²) >= 11 is 0. The lowest BCUT2D eigenvalue weighted by Crippen LogP contribution is -2.39. The topological polar surface area (TPSA) is 95.1 Å². The predicted molar refractivity (Wildman–Crippen MR) is 98.7 cm³/mol. The summed E-state index contributed by atoms with van der Waals surface area (Å²) < 4.78 is 8.25. The average Bonchev–Trinajstić information content (AvgIpc) is 3.02. The molecule has 1 aliphatic heterocycles. The minimum Gasteiger partial charge on any atom is -0.383 e. The first-order valence-electron chi connectivity index (χ1n) is 9.29. The van der Waals surface area contributed by atoms with E-state index in [1.165, 1.54) is 10.9 Å². The summed E-state index contributed by atoms with van der Waals surface area (Å²) in [7, 11) is 1.61. The van der Waals surface area contributed by atoms with Gasteiger partial charge in [-0.05, 0) is 26.7 Å². The van der Waals surface area contributed by atoms with E-state index in [1.54, 1.807) is 22.8 Å². The predicted octanol–water partition coefficient (Wildman–Crippen LogP) is 0.829. The number of nitrogens with zero attached hydrogens (tertiary/aromatic N) is 6. The number of hydrogen-bond donors (Lipinski definition) is 0. The zero-order valence-corrected chi connectivity index (χ0v) is 16.1. The van der Waals surface area contributed by atoms with Gasteiger partial charge in [-0.3, -0.25) is 14.3 Å². The van der Waals surface area contributed by atoms with Gasteiger partial charge in [0.25, 0.3) is 5.91 Å². The Bertz CT molecular complexity index is 834. The van der Waals surface area contributed by atoms with Crippen molar-refractivity contribution in [2.24, 2.45) is 0 Å². The molecule has 0 radical (unpaired) electrons. The Balaban J connectivity index is 1.69. The molecule has 2 aromatic heterocycles. The van der Waals surface area contributed by atoms with Crippen molar-refractivity contribution >= 4 is 5.91 Å². The zero-order valence-electron chi connectivity index (χ0n) is 16.1. The molecule has 146 valence electrons. The van der Waals surface area contributed by atoms with Crippen molar-refractivity contribution in [3.05, 3.63) is 40.1 Å². The van der Waals surface area contributed by atoms with Crippen LogP contribution >= 0.6 is 0 Å². The Morgan fingerprint density at radius 2 is 2.00 bits per heavy atom. The van der Waals surface area contributed by atoms with E-state index in [-0.39, 0.29) is 17.5 Å². The maximum Gasteiger partial charge on any atom is 0.345 e. The summed E-state index contributed by atoms with van der Waals surface area (Å²) in [5.41, 5.74) is 1.05. The molecule has 9 heteroatoms. The van der Waals surface area contributed by atoms with E-state index in [9.17, 15) is 9.59 Å². The van der Waals surface area contributed by atoms with Crippen LogP contribution in [0.1, 0.15) is 47.7 Å². The van der Waals surface area contributed by atoms with Gasteiger partial charge in [0, 0.05) is 38.9 Å². The van der Waals surface area contributed by atoms with Crippen LogP contribution in [0.3, 0.4) is 0 Å². The second kappa shape index (κ2) is 8.43. The number of aromatic nitrogens is 5. The van der Waals surface area contributed by atoms with E-state index in [2.05, 4.69) is 15.1 Å². The number of carbonyl (C=O) groups is 1. The maximum absolute atomic E-state index is 12.6. The van der Waals surface area contributed by atoms with Crippen LogP contribution in [-0.2, 0) is 17.8 Å². The molecule has 0 aromatic carbocycles. The summed E-state index contributed by atoms with van der Waals surface area (Å²) in [5, 5.41) is 4.54. The van der Waals surface area contributed by atoms with Crippen LogP contribution in [0, 0.1) is 6.92 Å². The molecule has 1 saturated heterocycles. The number of piperidine rings is 1. The molecular formula is C18H26N6O3. The largest absolute Gasteiger partial charge is 0.383 e. The Hall–Kier alpha value is -2.55. The number of aryl methyl sites for hydroxylation is 1. The smallest absolute Gasteiger partial charge is 0.345 e. The van der Waals surface area contributed by atoms with E-state index in [1.807, 2.05) is 13.8 Å². The number of ether oxygens (including phenoxy) is 1. The molecule has 3 rings (SSSR count). The van der Waals surface area contributed by atoms with E-state index in [0.717, 1.165) is 24.4 Å². The van der Waals surface area contributed by atoms with Crippen LogP contribution in [0.15, 0.2) is 17.2 Å². The molecule has 9 nitrogen and oxygen atoms in total. The van der Waals surface area contributed by atoms with Crippen molar-refractivity contribution in [2.75, 3.05) is 26.8 Å². The third kappa shape index (κ3) is 4.08. The summed E-state index contributed by atoms with van der Waals surface area (Å²) in [6.45, 7) is 6.49. The molecule has 1 amide bonds. The highest BCUT2D eigenvalue weighted by molar-refractivity contribution is 5.92. The van der Waals surface area contributed by atoms with Crippen molar-refractivity contribution in [1.29, 1.82) is 0 Å². The van der Waals surface area contributed by atoms with Gasteiger partial charge < -0.3 is 9.64 Å². The van der Waals surface area contributed by atoms with Crippen molar-refractivity contribution in [3.63, 3.8) is 0 Å². The lowest BCUT2D eigenvalue weighted by molar-refractivity contribution is 0.0703. The lowest BCUT2D eigenvalue weighted by Gasteiger charge is -2.31. The summed E-state index contributed by atoms with van der Waals surface area (Å²) in [5.74, 6) is 0.870. The van der Waals surface area contributed by atoms with Gasteiger partial charge in [-0.1, -0.05) is 0 Å². The molecular weight excluding hydrogens is 348 g/mol. The molecule has 1 fully saturated rings. The fourth-order valence-electron chi connectivity index (χ4n) is 3.39. The van der Waals surface area contributed by atoms with Gasteiger partial charge in [-0.2, -0.15) is 5.10 Å². The minimum absolute atomic E-state index is 0.0977. The Labute approximate surface area is 158 Å². The third-order valence-electron chi connectivity index (χ3n) is 4.92. The van der Waals surface area contributed by atoms with Crippen molar-refractivity contribution < 1.29 is 9.53 Å². The van der Waals surface area contributed by atoms with Gasteiger partial charge in [-0.25, -0.2) is 14.5 Å². The first-order chi connectivity index (χ1) is 13.0. The molecule has 27 heavy (non-hydrogen) atoms. The van der Waals surface area contributed by atoms with Crippen LogP contribution in [0.25, 0.3) is 0 Å². The van der Waals surface area contributed by atoms with Gasteiger partial charge in [0.2, 0.25) is 0 Å². The number of hydrogen-bond acceptors (Lipinski definition) is 6. The van der Waals surface area contributed by atoms with E-state index >= 15 is 0 Å². The quantitative estimate of drug-likeness (QED) is 0.743. The number of likely N-dealkylation sites (tertiary alicyclic amines) is 1. The van der Waals surface area contributed by atoms with Gasteiger partial charge in [0.05, 0.1) is 25.0 Å². The van der Waals surface area contributed by atoms with Crippen LogP contribution < -0.4 is 5.69 Å². The highest BCUT2D eigenvalue weighted by Gasteiger charge is 2.29. The number of rotatable bonds is 6. The molecule has 0 saturated carbocycles. The highest BCUT2D eigenvalue weighted by Crippen LogP contribution is 2.26. The number of carbonyl (C=O) groups excluding carboxylic acids is 1. The number of amides is 1. The molecule has 0 spiro atoms. The third-order valence-corrected chi connectivity index (χ3v) is 4.92. The summed E-state index contributed by atoms with van der Waals surface area (Å²) in [6, 6.07) is 0. The van der Waals surface area contributed by atoms with Gasteiger partial charge in [0.15, 0.2) is 0 Å². The van der Waals surface area contributed by atoms with Crippen LogP contribution in [0.4, 0.5) is 0 Å². The van der Waals surface area contributed by atoms with E-state index in [0.29, 0.717) is 38.5 Å². The monoisotopic (exact) mass is 374 g/mol. The summed E-state index contributed by atoms with van der Waals surface area (Å²) in [4.78, 5) is 35.2. The van der Waals surface area contributed by atoms with E-state index < -0.39 is 0 Å². The highest BCUT2D eigenvalue weighted by atomic mass is 16.5. The van der Waals surface area contributed by atoms with Gasteiger partial charge in [0.1, 0.15) is 11.5 Å². The SMILES string of the molecule is CCn1c(C2CCN(C(=O)c3cnc(C)cn3)CC2)nn(CCOC)c1=O. The zero-order chi connectivity index (χ0) is 19.4. The minimum atomic E-state index is -0.0991. The molecule has 1 aliphatic rings. The van der Waals surface area contributed by atoms with Gasteiger partial charge >= 0.3 is 5.69 Å². The normalized spacial score (nSPS) is 15.3. The second-order valence-corrected chi connectivity index (χ2v) is 6.71. The fraction of sp³-hybridized carbons (Fsp3) is 0.611. The first kappa shape index (κ1) is 19.2. The van der Waals surface area contributed by atoms with Crippen LogP contribution in [0.5, 0.6) is 0 Å². The number of methoxy groups -OCH3 is 1. The Kier molecular flexibility index (Phi) is 6.00. The molecule has 0 bridgehead atoms. The molecule has 3 heterocycles. The van der Waals surface area contributed by atoms with E-state index in [4.69, 9.17) is 4.74 Å². The standard InChI is InChI=1S/C18H26N6O3/c1-4-23-16(21-24(18(23)26)9-10-27-3)14-5-7-22(8-6-14)17(25)15-12-19-13(2)11-20-15/h11-12,14H,4-10H2,1-3H3. The second-order valence-electron chi connectivity index (χ2n) is 6.71. The lowest BCUT2D eigenvalue weighted by atomic mass is 9.95. The maximum atomic E-state index is 12.6. The van der Waals surface area contributed by atoms with Crippen molar-refractivity contribution in [2.45, 2.75) is 45.7 Å². The van der Waals surface area contributed by atoms with Crippen molar-refractivity contribution in [3.8, 4) is 0 Å². The van der Waals surface area contributed by atoms with Crippen LogP contribution in [-0.4, -0.2) is 61.9 Å². The first-order valence-corrected chi connectivity index (χ1v) is 9.29. The average molecular weight is 374 g/mol. The molecule has 0 aliphatic carbocycles. The van der Waals surface area contributed by atoms with Gasteiger partial charge in [-0.15, -0.1) is 0 Å². The Morgan fingerprint density at radius 3 is 2.59 bits per heavy atom.